The van der Waals surface area contributed by atoms with Crippen molar-refractivity contribution in [3.05, 3.63) is 88.9 Å². The number of hydrogen-bond acceptors (Lipinski definition) is 8. The lowest BCUT2D eigenvalue weighted by atomic mass is 10.1. The van der Waals surface area contributed by atoms with Crippen LogP contribution in [-0.2, 0) is 13.0 Å². The van der Waals surface area contributed by atoms with Gasteiger partial charge in [-0.3, -0.25) is 19.7 Å². The van der Waals surface area contributed by atoms with E-state index < -0.39 is 0 Å². The fourth-order valence-corrected chi connectivity index (χ4v) is 5.09. The number of rotatable bonds is 7. The Morgan fingerprint density at radius 1 is 0.951 bits per heavy atom. The Morgan fingerprint density at radius 3 is 2.54 bits per heavy atom. The third kappa shape index (κ3) is 6.01. The summed E-state index contributed by atoms with van der Waals surface area (Å²) in [7, 11) is 2.17. The van der Waals surface area contributed by atoms with Crippen LogP contribution in [0.25, 0.3) is 11.4 Å². The minimum Gasteiger partial charge on any atom is -0.437 e. The molecule has 0 bridgehead atoms. The van der Waals surface area contributed by atoms with Crippen LogP contribution < -0.4 is 10.1 Å². The molecule has 4 heterocycles. The van der Waals surface area contributed by atoms with Crippen LogP contribution in [0.1, 0.15) is 32.7 Å². The van der Waals surface area contributed by atoms with Gasteiger partial charge in [-0.25, -0.2) is 4.98 Å². The zero-order valence-corrected chi connectivity index (χ0v) is 23.6. The van der Waals surface area contributed by atoms with Gasteiger partial charge in [0.25, 0.3) is 5.91 Å². The molecular formula is C32H33N7O2. The molecule has 0 atom stereocenters. The van der Waals surface area contributed by atoms with Gasteiger partial charge >= 0.3 is 0 Å². The topological polar surface area (TPSA) is 95.8 Å². The maximum atomic E-state index is 13.4. The molecule has 0 radical (unpaired) electrons. The van der Waals surface area contributed by atoms with Crippen molar-refractivity contribution in [2.75, 3.05) is 38.5 Å². The normalized spacial score (nSPS) is 15.1. The van der Waals surface area contributed by atoms with E-state index in [1.165, 1.54) is 11.1 Å². The molecule has 1 fully saturated rings. The van der Waals surface area contributed by atoms with Gasteiger partial charge in [0.2, 0.25) is 5.88 Å². The minimum atomic E-state index is -0.192. The maximum Gasteiger partial charge on any atom is 0.256 e. The molecule has 41 heavy (non-hydrogen) atoms. The van der Waals surface area contributed by atoms with Gasteiger partial charge in [-0.2, -0.15) is 4.98 Å². The second-order valence-corrected chi connectivity index (χ2v) is 10.7. The monoisotopic (exact) mass is 547 g/mol. The fraction of sp³-hybridized carbons (Fsp3) is 0.281. The lowest BCUT2D eigenvalue weighted by Gasteiger charge is -2.32. The molecule has 0 spiro atoms. The van der Waals surface area contributed by atoms with E-state index in [1.54, 1.807) is 24.7 Å². The summed E-state index contributed by atoms with van der Waals surface area (Å²) >= 11 is 0. The molecule has 2 aromatic heterocycles. The van der Waals surface area contributed by atoms with Gasteiger partial charge in [-0.15, -0.1) is 0 Å². The highest BCUT2D eigenvalue weighted by molar-refractivity contribution is 6.05. The number of aromatic nitrogens is 3. The predicted molar refractivity (Wildman–Crippen MR) is 160 cm³/mol. The molecule has 9 nitrogen and oxygen atoms in total. The summed E-state index contributed by atoms with van der Waals surface area (Å²) < 4.78 is 6.22. The standard InChI is InChI=1S/C32H33N7O2/c1-21-4-7-26(41-32-29-28(10-13-34-29)36-30(37-32)23-8-11-33-12-9-23)19-27(21)31(40)35-25-6-5-24(22(2)18-25)20-39-16-14-38(3)15-17-39/h4-9,11-13,18-19H,10,14-17,20H2,1-3H3,(H,35,40). The van der Waals surface area contributed by atoms with Crippen molar-refractivity contribution in [3.63, 3.8) is 0 Å². The van der Waals surface area contributed by atoms with Gasteiger partial charge < -0.3 is 15.0 Å². The van der Waals surface area contributed by atoms with Crippen LogP contribution in [0, 0.1) is 13.8 Å². The Balaban J connectivity index is 1.19. The molecule has 2 aliphatic heterocycles. The number of aliphatic imine (C=N–C) groups is 1. The van der Waals surface area contributed by atoms with Gasteiger partial charge in [0, 0.05) is 74.6 Å². The van der Waals surface area contributed by atoms with Crippen molar-refractivity contribution in [2.45, 2.75) is 26.8 Å². The molecule has 1 amide bonds. The quantitative estimate of drug-likeness (QED) is 0.340. The number of ether oxygens (including phenoxy) is 1. The van der Waals surface area contributed by atoms with Crippen molar-refractivity contribution in [1.82, 2.24) is 24.8 Å². The second kappa shape index (κ2) is 11.6. The van der Waals surface area contributed by atoms with Crippen LogP contribution in [0.5, 0.6) is 11.6 Å². The Labute approximate surface area is 240 Å². The highest BCUT2D eigenvalue weighted by atomic mass is 16.5. The molecule has 9 heteroatoms. The number of hydrogen-bond donors (Lipinski definition) is 1. The van der Waals surface area contributed by atoms with E-state index in [0.717, 1.165) is 55.2 Å². The van der Waals surface area contributed by atoms with Crippen molar-refractivity contribution in [2.24, 2.45) is 4.99 Å². The summed E-state index contributed by atoms with van der Waals surface area (Å²) in [5, 5.41) is 3.07. The number of carbonyl (C=O) groups is 1. The molecule has 0 unspecified atom stereocenters. The highest BCUT2D eigenvalue weighted by Crippen LogP contribution is 2.37. The number of anilines is 1. The van der Waals surface area contributed by atoms with Crippen LogP contribution in [0.4, 0.5) is 11.4 Å². The molecule has 6 rings (SSSR count). The Morgan fingerprint density at radius 2 is 1.76 bits per heavy atom. The number of pyridine rings is 1. The number of fused-ring (bicyclic) bond motifs is 1. The van der Waals surface area contributed by atoms with E-state index in [9.17, 15) is 4.79 Å². The Bertz CT molecular complexity index is 1610. The van der Waals surface area contributed by atoms with Crippen LogP contribution >= 0.6 is 0 Å². The van der Waals surface area contributed by atoms with E-state index in [0.29, 0.717) is 35.1 Å². The van der Waals surface area contributed by atoms with Crippen molar-refractivity contribution < 1.29 is 9.53 Å². The summed E-state index contributed by atoms with van der Waals surface area (Å²) in [5.74, 6) is 1.21. The summed E-state index contributed by atoms with van der Waals surface area (Å²) in [4.78, 5) is 36.1. The number of nitrogens with zero attached hydrogens (tertiary/aromatic N) is 6. The third-order valence-electron chi connectivity index (χ3n) is 7.63. The van der Waals surface area contributed by atoms with Gasteiger partial charge in [0.1, 0.15) is 11.4 Å². The molecule has 0 saturated carbocycles. The predicted octanol–water partition coefficient (Wildman–Crippen LogP) is 5.21. The van der Waals surface area contributed by atoms with E-state index in [1.807, 2.05) is 43.3 Å². The third-order valence-corrected chi connectivity index (χ3v) is 7.63. The lowest BCUT2D eigenvalue weighted by molar-refractivity contribution is 0.102. The fourth-order valence-electron chi connectivity index (χ4n) is 5.09. The first-order valence-corrected chi connectivity index (χ1v) is 13.9. The summed E-state index contributed by atoms with van der Waals surface area (Å²) in [6.07, 6.45) is 5.82. The largest absolute Gasteiger partial charge is 0.437 e. The van der Waals surface area contributed by atoms with E-state index in [4.69, 9.17) is 4.74 Å². The van der Waals surface area contributed by atoms with E-state index in [-0.39, 0.29) is 5.91 Å². The molecule has 208 valence electrons. The second-order valence-electron chi connectivity index (χ2n) is 10.7. The highest BCUT2D eigenvalue weighted by Gasteiger charge is 2.21. The van der Waals surface area contributed by atoms with E-state index in [2.05, 4.69) is 55.1 Å². The Kier molecular flexibility index (Phi) is 7.54. The van der Waals surface area contributed by atoms with Crippen molar-refractivity contribution in [3.8, 4) is 23.0 Å². The van der Waals surface area contributed by atoms with Gasteiger partial charge in [-0.05, 0) is 74.0 Å². The Hall–Kier alpha value is -4.47. The molecule has 4 aromatic rings. The van der Waals surface area contributed by atoms with Crippen LogP contribution in [0.3, 0.4) is 0 Å². The average Bonchev–Trinajstić information content (AvgIpc) is 3.46. The molecule has 1 saturated heterocycles. The van der Waals surface area contributed by atoms with E-state index >= 15 is 0 Å². The zero-order valence-electron chi connectivity index (χ0n) is 23.6. The first-order chi connectivity index (χ1) is 19.9. The first-order valence-electron chi connectivity index (χ1n) is 13.9. The number of piperazine rings is 1. The number of benzene rings is 2. The van der Waals surface area contributed by atoms with Crippen LogP contribution in [-0.4, -0.2) is 70.1 Å². The molecular weight excluding hydrogens is 514 g/mol. The maximum absolute atomic E-state index is 13.4. The number of likely N-dealkylation sites (N-methyl/N-ethyl adjacent to an activating group) is 1. The molecule has 1 N–H and O–H groups in total. The molecule has 2 aliphatic rings. The molecule has 2 aromatic carbocycles. The van der Waals surface area contributed by atoms with Crippen molar-refractivity contribution in [1.29, 1.82) is 0 Å². The summed E-state index contributed by atoms with van der Waals surface area (Å²) in [5.41, 5.74) is 6.86. The van der Waals surface area contributed by atoms with Gasteiger partial charge in [-0.1, -0.05) is 12.1 Å². The lowest BCUT2D eigenvalue weighted by Crippen LogP contribution is -2.43. The molecule has 0 aliphatic carbocycles. The van der Waals surface area contributed by atoms with Gasteiger partial charge in [0.05, 0.1) is 5.69 Å². The summed E-state index contributed by atoms with van der Waals surface area (Å²) in [6, 6.07) is 15.3. The number of carbonyl (C=O) groups excluding carboxylic acids is 1. The summed E-state index contributed by atoms with van der Waals surface area (Å²) in [6.45, 7) is 9.26. The van der Waals surface area contributed by atoms with Crippen molar-refractivity contribution >= 4 is 23.5 Å². The van der Waals surface area contributed by atoms with Gasteiger partial charge in [0.15, 0.2) is 5.82 Å². The number of amides is 1. The minimum absolute atomic E-state index is 0.192. The van der Waals surface area contributed by atoms with Crippen LogP contribution in [0.2, 0.25) is 0 Å². The zero-order chi connectivity index (χ0) is 28.3. The first kappa shape index (κ1) is 26.7. The smallest absolute Gasteiger partial charge is 0.256 e. The number of nitrogens with one attached hydrogen (secondary N) is 1. The average molecular weight is 548 g/mol. The van der Waals surface area contributed by atoms with Crippen LogP contribution in [0.15, 0.2) is 65.9 Å². The SMILES string of the molecule is Cc1cc(NC(=O)c2cc(Oc3nc(-c4ccncc4)nc4c3N=CC4)ccc2C)ccc1CN1CCN(C)CC1. The number of aryl methyl sites for hydroxylation is 2.